The number of para-hydroxylation sites is 1. The number of aryl methyl sites for hydroxylation is 1. The first-order valence-corrected chi connectivity index (χ1v) is 11.7. The van der Waals surface area contributed by atoms with Gasteiger partial charge in [0.2, 0.25) is 11.8 Å². The van der Waals surface area contributed by atoms with Crippen LogP contribution < -0.4 is 10.6 Å². The number of amides is 3. The summed E-state index contributed by atoms with van der Waals surface area (Å²) in [4.78, 5) is 40.8. The van der Waals surface area contributed by atoms with Gasteiger partial charge in [-0.05, 0) is 52.7 Å². The van der Waals surface area contributed by atoms with Gasteiger partial charge < -0.3 is 25.4 Å². The maximum Gasteiger partial charge on any atom is 0.408 e. The molecule has 0 heterocycles. The summed E-state index contributed by atoms with van der Waals surface area (Å²) in [5.74, 6) is -0.993. The molecule has 2 aromatic carbocycles. The van der Waals surface area contributed by atoms with Crippen LogP contribution >= 0.6 is 0 Å². The summed E-state index contributed by atoms with van der Waals surface area (Å²) in [6.45, 7) is 10.6. The smallest absolute Gasteiger partial charge is 0.408 e. The highest BCUT2D eigenvalue weighted by molar-refractivity contribution is 5.92. The van der Waals surface area contributed by atoms with Crippen molar-refractivity contribution in [2.45, 2.75) is 71.7 Å². The van der Waals surface area contributed by atoms with E-state index in [1.807, 2.05) is 44.2 Å². The first-order chi connectivity index (χ1) is 16.3. The van der Waals surface area contributed by atoms with Crippen molar-refractivity contribution in [3.05, 3.63) is 65.2 Å². The summed E-state index contributed by atoms with van der Waals surface area (Å²) < 4.78 is 5.38. The Morgan fingerprint density at radius 2 is 1.63 bits per heavy atom. The molecule has 0 aliphatic carbocycles. The topological polar surface area (TPSA) is 108 Å². The molecule has 2 atom stereocenters. The van der Waals surface area contributed by atoms with Crippen LogP contribution in [-0.2, 0) is 20.7 Å². The van der Waals surface area contributed by atoms with E-state index < -0.39 is 35.6 Å². The van der Waals surface area contributed by atoms with Gasteiger partial charge in [0.1, 0.15) is 23.4 Å². The molecular weight excluding hydrogens is 446 g/mol. The summed E-state index contributed by atoms with van der Waals surface area (Å²) >= 11 is 0. The van der Waals surface area contributed by atoms with Crippen molar-refractivity contribution in [1.82, 2.24) is 15.5 Å². The Labute approximate surface area is 207 Å². The third kappa shape index (κ3) is 8.02. The normalized spacial score (nSPS) is 13.0. The van der Waals surface area contributed by atoms with Crippen molar-refractivity contribution in [3.63, 3.8) is 0 Å². The van der Waals surface area contributed by atoms with Gasteiger partial charge in [0.05, 0.1) is 0 Å². The van der Waals surface area contributed by atoms with E-state index in [9.17, 15) is 19.5 Å². The molecule has 3 amide bonds. The molecule has 0 aromatic heterocycles. The number of nitrogens with zero attached hydrogens (tertiary/aromatic N) is 1. The lowest BCUT2D eigenvalue weighted by atomic mass is 9.98. The molecule has 0 spiro atoms. The Bertz CT molecular complexity index is 1030. The van der Waals surface area contributed by atoms with Gasteiger partial charge in [-0.3, -0.25) is 9.59 Å². The second kappa shape index (κ2) is 11.7. The number of benzene rings is 2. The summed E-state index contributed by atoms with van der Waals surface area (Å²) in [7, 11) is 1.49. The molecular formula is C27H37N3O5. The molecule has 0 radical (unpaired) electrons. The second-order valence-corrected chi connectivity index (χ2v) is 9.92. The minimum atomic E-state index is -1.11. The fourth-order valence-corrected chi connectivity index (χ4v) is 3.66. The first-order valence-electron chi connectivity index (χ1n) is 11.7. The zero-order valence-corrected chi connectivity index (χ0v) is 21.6. The maximum atomic E-state index is 13.7. The molecule has 8 nitrogen and oxygen atoms in total. The van der Waals surface area contributed by atoms with E-state index in [1.165, 1.54) is 11.9 Å². The van der Waals surface area contributed by atoms with Crippen molar-refractivity contribution in [2.24, 2.45) is 0 Å². The number of ether oxygens (including phenoxy) is 1. The van der Waals surface area contributed by atoms with Gasteiger partial charge >= 0.3 is 6.09 Å². The zero-order valence-electron chi connectivity index (χ0n) is 21.6. The molecule has 3 N–H and O–H groups in total. The molecule has 0 saturated heterocycles. The van der Waals surface area contributed by atoms with Crippen LogP contribution in [0.5, 0.6) is 5.75 Å². The lowest BCUT2D eigenvalue weighted by Gasteiger charge is -2.32. The molecule has 2 unspecified atom stereocenters. The molecule has 2 aromatic rings. The Kier molecular flexibility index (Phi) is 9.28. The average molecular weight is 484 g/mol. The minimum absolute atomic E-state index is 0.0595. The van der Waals surface area contributed by atoms with Crippen LogP contribution in [0.3, 0.4) is 0 Å². The fraction of sp³-hybridized carbons (Fsp3) is 0.444. The average Bonchev–Trinajstić information content (AvgIpc) is 2.74. The summed E-state index contributed by atoms with van der Waals surface area (Å²) in [5.41, 5.74) is 0.966. The number of nitrogens with one attached hydrogen (secondary N) is 2. The molecule has 2 rings (SSSR count). The third-order valence-corrected chi connectivity index (χ3v) is 5.25. The van der Waals surface area contributed by atoms with E-state index in [4.69, 9.17) is 4.74 Å². The van der Waals surface area contributed by atoms with Gasteiger partial charge in [-0.25, -0.2) is 4.79 Å². The van der Waals surface area contributed by atoms with Gasteiger partial charge in [-0.1, -0.05) is 48.5 Å². The van der Waals surface area contributed by atoms with Crippen LogP contribution in [0.15, 0.2) is 48.5 Å². The molecule has 8 heteroatoms. The van der Waals surface area contributed by atoms with Crippen molar-refractivity contribution < 1.29 is 24.2 Å². The Morgan fingerprint density at radius 1 is 1.00 bits per heavy atom. The molecule has 0 aliphatic rings. The predicted molar refractivity (Wildman–Crippen MR) is 135 cm³/mol. The van der Waals surface area contributed by atoms with E-state index in [0.717, 1.165) is 5.56 Å². The van der Waals surface area contributed by atoms with Crippen molar-refractivity contribution in [1.29, 1.82) is 0 Å². The van der Waals surface area contributed by atoms with E-state index in [-0.39, 0.29) is 18.2 Å². The summed E-state index contributed by atoms with van der Waals surface area (Å²) in [5, 5.41) is 16.2. The first kappa shape index (κ1) is 27.7. The SMILES string of the molecule is Cc1cccc(C(C(=O)NC(C)C)N(C)C(=O)C(Cc2ccccc2)NC(=O)OC(C)(C)C)c1O. The highest BCUT2D eigenvalue weighted by atomic mass is 16.6. The number of rotatable bonds is 8. The third-order valence-electron chi connectivity index (χ3n) is 5.25. The molecule has 0 bridgehead atoms. The van der Waals surface area contributed by atoms with E-state index in [0.29, 0.717) is 11.1 Å². The zero-order chi connectivity index (χ0) is 26.3. The van der Waals surface area contributed by atoms with E-state index >= 15 is 0 Å². The lowest BCUT2D eigenvalue weighted by molar-refractivity contribution is -0.141. The number of carbonyl (C=O) groups excluding carboxylic acids is 3. The monoisotopic (exact) mass is 483 g/mol. The van der Waals surface area contributed by atoms with Gasteiger partial charge in [0, 0.05) is 25.1 Å². The Hall–Kier alpha value is -3.55. The number of likely N-dealkylation sites (N-methyl/N-ethyl adjacent to an activating group) is 1. The van der Waals surface area contributed by atoms with Crippen molar-refractivity contribution in [3.8, 4) is 5.75 Å². The molecule has 35 heavy (non-hydrogen) atoms. The number of alkyl carbamates (subject to hydrolysis) is 1. The number of aromatic hydroxyl groups is 1. The van der Waals surface area contributed by atoms with Gasteiger partial charge in [-0.2, -0.15) is 0 Å². The number of phenolic OH excluding ortho intramolecular Hbond substituents is 1. The molecule has 0 fully saturated rings. The second-order valence-electron chi connectivity index (χ2n) is 9.92. The Morgan fingerprint density at radius 3 is 2.20 bits per heavy atom. The fourth-order valence-electron chi connectivity index (χ4n) is 3.66. The van der Waals surface area contributed by atoms with Crippen LogP contribution in [0.2, 0.25) is 0 Å². The highest BCUT2D eigenvalue weighted by Crippen LogP contribution is 2.31. The van der Waals surface area contributed by atoms with Gasteiger partial charge in [-0.15, -0.1) is 0 Å². The highest BCUT2D eigenvalue weighted by Gasteiger charge is 2.35. The van der Waals surface area contributed by atoms with Crippen molar-refractivity contribution >= 4 is 17.9 Å². The molecule has 0 saturated carbocycles. The quantitative estimate of drug-likeness (QED) is 0.528. The minimum Gasteiger partial charge on any atom is -0.507 e. The molecule has 0 aliphatic heterocycles. The van der Waals surface area contributed by atoms with E-state index in [2.05, 4.69) is 10.6 Å². The predicted octanol–water partition coefficient (Wildman–Crippen LogP) is 3.86. The van der Waals surface area contributed by atoms with Gasteiger partial charge in [0.15, 0.2) is 0 Å². The van der Waals surface area contributed by atoms with Crippen LogP contribution in [0, 0.1) is 6.92 Å². The van der Waals surface area contributed by atoms with E-state index in [1.54, 1.807) is 45.9 Å². The Balaban J connectivity index is 2.44. The van der Waals surface area contributed by atoms with Crippen LogP contribution in [0.4, 0.5) is 4.79 Å². The number of hydrogen-bond acceptors (Lipinski definition) is 5. The molecule has 190 valence electrons. The lowest BCUT2D eigenvalue weighted by Crippen LogP contribution is -2.53. The summed E-state index contributed by atoms with van der Waals surface area (Å²) in [6.07, 6.45) is -0.538. The number of phenols is 1. The van der Waals surface area contributed by atoms with Crippen molar-refractivity contribution in [2.75, 3.05) is 7.05 Å². The largest absolute Gasteiger partial charge is 0.507 e. The van der Waals surface area contributed by atoms with Gasteiger partial charge in [0.25, 0.3) is 0 Å². The maximum absolute atomic E-state index is 13.7. The standard InChI is InChI=1S/C27H37N3O5/c1-17(2)28-24(32)22(20-15-11-12-18(3)23(20)31)30(7)25(33)21(16-19-13-9-8-10-14-19)29-26(34)35-27(4,5)6/h8-15,17,21-22,31H,16H2,1-7H3,(H,28,32)(H,29,34). The number of hydrogen-bond donors (Lipinski definition) is 3. The number of carbonyl (C=O) groups is 3. The van der Waals surface area contributed by atoms with Crippen LogP contribution in [0.25, 0.3) is 0 Å². The van der Waals surface area contributed by atoms with Crippen LogP contribution in [0.1, 0.15) is 57.4 Å². The summed E-state index contributed by atoms with van der Waals surface area (Å²) in [6, 6.07) is 12.0. The van der Waals surface area contributed by atoms with Crippen LogP contribution in [-0.4, -0.2) is 52.6 Å².